The van der Waals surface area contributed by atoms with Crippen molar-refractivity contribution in [3.05, 3.63) is 23.3 Å². The zero-order valence-electron chi connectivity index (χ0n) is 10.8. The van der Waals surface area contributed by atoms with E-state index in [0.29, 0.717) is 5.11 Å². The number of nitrogens with zero attached hydrogens (tertiary/aromatic N) is 1. The van der Waals surface area contributed by atoms with Crippen LogP contribution in [-0.2, 0) is 0 Å². The van der Waals surface area contributed by atoms with Crippen molar-refractivity contribution < 1.29 is 0 Å². The Morgan fingerprint density at radius 2 is 2.06 bits per heavy atom. The van der Waals surface area contributed by atoms with Gasteiger partial charge in [0.15, 0.2) is 10.2 Å². The van der Waals surface area contributed by atoms with E-state index in [-0.39, 0.29) is 0 Å². The van der Waals surface area contributed by atoms with Gasteiger partial charge >= 0.3 is 0 Å². The van der Waals surface area contributed by atoms with Crippen molar-refractivity contribution in [3.63, 3.8) is 0 Å². The molecule has 1 aromatic carbocycles. The highest BCUT2D eigenvalue weighted by Crippen LogP contribution is 2.28. The maximum absolute atomic E-state index is 5.20. The summed E-state index contributed by atoms with van der Waals surface area (Å²) in [5.41, 5.74) is 3.60. The molecule has 2 aromatic rings. The Hall–Kier alpha value is -1.20. The third-order valence-corrected chi connectivity index (χ3v) is 3.94. The molecule has 0 spiro atoms. The summed E-state index contributed by atoms with van der Waals surface area (Å²) in [7, 11) is 0. The van der Waals surface area contributed by atoms with Gasteiger partial charge in [-0.1, -0.05) is 18.3 Å². The van der Waals surface area contributed by atoms with E-state index in [0.717, 1.165) is 23.6 Å². The monoisotopic (exact) mass is 279 g/mol. The van der Waals surface area contributed by atoms with Gasteiger partial charge in [0, 0.05) is 6.54 Å². The number of fused-ring (bicyclic) bond motifs is 1. The fraction of sp³-hybridized carbons (Fsp3) is 0.385. The molecule has 1 aromatic heterocycles. The topological polar surface area (TPSA) is 37.0 Å². The minimum Gasteiger partial charge on any atom is -0.362 e. The van der Waals surface area contributed by atoms with E-state index < -0.39 is 0 Å². The van der Waals surface area contributed by atoms with Crippen LogP contribution in [0.25, 0.3) is 10.2 Å². The summed E-state index contributed by atoms with van der Waals surface area (Å²) in [6, 6.07) is 4.30. The molecule has 0 saturated carbocycles. The number of thiazole rings is 1. The fourth-order valence-electron chi connectivity index (χ4n) is 1.61. The molecule has 3 nitrogen and oxygen atoms in total. The molecule has 0 aliphatic rings. The Balaban J connectivity index is 2.17. The van der Waals surface area contributed by atoms with Crippen molar-refractivity contribution in [2.45, 2.75) is 27.2 Å². The van der Waals surface area contributed by atoms with Gasteiger partial charge in [-0.05, 0) is 55.7 Å². The number of rotatable bonds is 3. The number of anilines is 1. The summed E-state index contributed by atoms with van der Waals surface area (Å²) in [5, 5.41) is 7.76. The number of hydrogen-bond acceptors (Lipinski definition) is 3. The molecule has 18 heavy (non-hydrogen) atoms. The zero-order chi connectivity index (χ0) is 13.1. The minimum absolute atomic E-state index is 0.643. The molecule has 2 rings (SSSR count). The molecule has 0 aliphatic carbocycles. The van der Waals surface area contributed by atoms with Crippen molar-refractivity contribution in [3.8, 4) is 0 Å². The summed E-state index contributed by atoms with van der Waals surface area (Å²) in [6.45, 7) is 7.22. The lowest BCUT2D eigenvalue weighted by Gasteiger charge is -2.05. The molecule has 1 heterocycles. The second-order valence-electron chi connectivity index (χ2n) is 4.30. The molecule has 5 heteroatoms. The number of hydrogen-bond donors (Lipinski definition) is 2. The molecule has 0 fully saturated rings. The highest BCUT2D eigenvalue weighted by Gasteiger charge is 2.06. The lowest BCUT2D eigenvalue weighted by molar-refractivity contribution is 0.846. The van der Waals surface area contributed by atoms with Gasteiger partial charge in [0.05, 0.1) is 10.2 Å². The normalized spacial score (nSPS) is 10.6. The van der Waals surface area contributed by atoms with Gasteiger partial charge in [-0.15, -0.1) is 0 Å². The molecule has 0 bridgehead atoms. The Morgan fingerprint density at radius 1 is 1.33 bits per heavy atom. The Bertz CT molecular complexity index is 536. The van der Waals surface area contributed by atoms with Gasteiger partial charge in [-0.3, -0.25) is 0 Å². The maximum Gasteiger partial charge on any atom is 0.190 e. The third kappa shape index (κ3) is 2.97. The highest BCUT2D eigenvalue weighted by atomic mass is 32.1. The lowest BCUT2D eigenvalue weighted by Crippen LogP contribution is -2.28. The molecular formula is C13H17N3S2. The first kappa shape index (κ1) is 13.2. The van der Waals surface area contributed by atoms with Gasteiger partial charge < -0.3 is 10.6 Å². The molecule has 0 amide bonds. The average molecular weight is 279 g/mol. The van der Waals surface area contributed by atoms with E-state index in [1.54, 1.807) is 11.3 Å². The van der Waals surface area contributed by atoms with Gasteiger partial charge in [-0.25, -0.2) is 4.98 Å². The first-order chi connectivity index (χ1) is 8.60. The van der Waals surface area contributed by atoms with Gasteiger partial charge in [0.1, 0.15) is 0 Å². The van der Waals surface area contributed by atoms with E-state index in [1.165, 1.54) is 15.8 Å². The number of thiocarbonyl (C=S) groups is 1. The minimum atomic E-state index is 0.643. The van der Waals surface area contributed by atoms with Gasteiger partial charge in [-0.2, -0.15) is 0 Å². The zero-order valence-corrected chi connectivity index (χ0v) is 12.5. The molecule has 2 N–H and O–H groups in total. The van der Waals surface area contributed by atoms with E-state index in [9.17, 15) is 0 Å². The molecule has 0 aliphatic heterocycles. The lowest BCUT2D eigenvalue weighted by atomic mass is 10.1. The quantitative estimate of drug-likeness (QED) is 0.842. The second kappa shape index (κ2) is 5.63. The largest absolute Gasteiger partial charge is 0.362 e. The summed E-state index contributed by atoms with van der Waals surface area (Å²) < 4.78 is 1.19. The van der Waals surface area contributed by atoms with Crippen LogP contribution in [0.1, 0.15) is 24.5 Å². The first-order valence-electron chi connectivity index (χ1n) is 6.02. The van der Waals surface area contributed by atoms with Gasteiger partial charge in [0.25, 0.3) is 0 Å². The van der Waals surface area contributed by atoms with Crippen molar-refractivity contribution in [1.29, 1.82) is 0 Å². The smallest absolute Gasteiger partial charge is 0.190 e. The van der Waals surface area contributed by atoms with E-state index >= 15 is 0 Å². The Labute approximate surface area is 117 Å². The second-order valence-corrected chi connectivity index (χ2v) is 5.74. The van der Waals surface area contributed by atoms with E-state index in [1.807, 2.05) is 0 Å². The van der Waals surface area contributed by atoms with Crippen LogP contribution in [0.15, 0.2) is 12.1 Å². The number of nitrogens with one attached hydrogen (secondary N) is 2. The van der Waals surface area contributed by atoms with Crippen LogP contribution in [0.3, 0.4) is 0 Å². The van der Waals surface area contributed by atoms with Crippen molar-refractivity contribution in [2.75, 3.05) is 11.9 Å². The molecule has 96 valence electrons. The Morgan fingerprint density at radius 3 is 2.78 bits per heavy atom. The molecular weight excluding hydrogens is 262 g/mol. The predicted molar refractivity (Wildman–Crippen MR) is 83.6 cm³/mol. The summed E-state index contributed by atoms with van der Waals surface area (Å²) in [5.74, 6) is 0. The molecule has 0 radical (unpaired) electrons. The average Bonchev–Trinajstić information content (AvgIpc) is 2.68. The third-order valence-electron chi connectivity index (χ3n) is 2.76. The summed E-state index contributed by atoms with van der Waals surface area (Å²) in [6.07, 6.45) is 1.06. The van der Waals surface area contributed by atoms with Crippen molar-refractivity contribution >= 4 is 44.0 Å². The number of aryl methyl sites for hydroxylation is 2. The number of aromatic nitrogens is 1. The standard InChI is InChI=1S/C13H17N3S2/c1-4-5-14-12(17)16-13-15-10-6-8(2)9(3)7-11(10)18-13/h6-7H,4-5H2,1-3H3,(H2,14,15,16,17). The molecule has 0 unspecified atom stereocenters. The Kier molecular flexibility index (Phi) is 4.14. The maximum atomic E-state index is 5.20. The van der Waals surface area contributed by atoms with Crippen LogP contribution >= 0.6 is 23.6 Å². The van der Waals surface area contributed by atoms with Crippen LogP contribution in [0, 0.1) is 13.8 Å². The van der Waals surface area contributed by atoms with Crippen LogP contribution in [0.5, 0.6) is 0 Å². The van der Waals surface area contributed by atoms with Crippen molar-refractivity contribution in [1.82, 2.24) is 10.3 Å². The first-order valence-corrected chi connectivity index (χ1v) is 7.25. The molecule has 0 atom stereocenters. The number of benzene rings is 1. The van der Waals surface area contributed by atoms with Crippen molar-refractivity contribution in [2.24, 2.45) is 0 Å². The van der Waals surface area contributed by atoms with Gasteiger partial charge in [0.2, 0.25) is 0 Å². The van der Waals surface area contributed by atoms with E-state index in [2.05, 4.69) is 48.5 Å². The fourth-order valence-corrected chi connectivity index (χ4v) is 2.83. The van der Waals surface area contributed by atoms with Crippen LogP contribution in [0.2, 0.25) is 0 Å². The summed E-state index contributed by atoms with van der Waals surface area (Å²) >= 11 is 6.83. The van der Waals surface area contributed by atoms with Crippen LogP contribution < -0.4 is 10.6 Å². The molecule has 0 saturated heterocycles. The van der Waals surface area contributed by atoms with Crippen LogP contribution in [-0.4, -0.2) is 16.6 Å². The summed E-state index contributed by atoms with van der Waals surface area (Å²) in [4.78, 5) is 4.54. The predicted octanol–water partition coefficient (Wildman–Crippen LogP) is 3.61. The highest BCUT2D eigenvalue weighted by molar-refractivity contribution is 7.80. The van der Waals surface area contributed by atoms with Crippen LogP contribution in [0.4, 0.5) is 5.13 Å². The SMILES string of the molecule is CCCNC(=S)Nc1nc2cc(C)c(C)cc2s1. The van der Waals surface area contributed by atoms with E-state index in [4.69, 9.17) is 12.2 Å².